The average molecular weight is 246 g/mol. The highest BCUT2D eigenvalue weighted by molar-refractivity contribution is 5.60. The van der Waals surface area contributed by atoms with Crippen LogP contribution in [-0.2, 0) is 17.8 Å². The molecule has 0 radical (unpaired) electrons. The van der Waals surface area contributed by atoms with Crippen molar-refractivity contribution < 1.29 is 4.74 Å². The molecule has 1 aliphatic rings. The molecule has 0 aliphatic carbocycles. The lowest BCUT2D eigenvalue weighted by molar-refractivity contribution is 0.181. The van der Waals surface area contributed by atoms with Crippen molar-refractivity contribution in [2.75, 3.05) is 18.6 Å². The van der Waals surface area contributed by atoms with Crippen molar-refractivity contribution in [1.29, 1.82) is 0 Å². The molecule has 0 atom stereocenters. The van der Waals surface area contributed by atoms with Gasteiger partial charge in [-0.2, -0.15) is 9.61 Å². The van der Waals surface area contributed by atoms with Gasteiger partial charge < -0.3 is 9.64 Å². The Kier molecular flexibility index (Phi) is 2.70. The van der Waals surface area contributed by atoms with Crippen LogP contribution in [0.4, 0.5) is 5.82 Å². The first-order chi connectivity index (χ1) is 8.72. The number of ether oxygens (including phenoxy) is 1. The fourth-order valence-electron chi connectivity index (χ4n) is 2.66. The fraction of sp³-hybridized carbons (Fsp3) is 0.538. The summed E-state index contributed by atoms with van der Waals surface area (Å²) in [6.07, 6.45) is 2.82. The Balaban J connectivity index is 2.23. The number of aromatic nitrogens is 3. The number of methoxy groups -OCH3 is 1. The summed E-state index contributed by atoms with van der Waals surface area (Å²) in [6.45, 7) is 6.02. The Hall–Kier alpha value is -1.62. The third-order valence-corrected chi connectivity index (χ3v) is 3.47. The molecule has 18 heavy (non-hydrogen) atoms. The van der Waals surface area contributed by atoms with Crippen LogP contribution < -0.4 is 4.90 Å². The molecule has 1 aliphatic heterocycles. The van der Waals surface area contributed by atoms with Crippen LogP contribution >= 0.6 is 0 Å². The minimum Gasteiger partial charge on any atom is -0.378 e. The zero-order valence-corrected chi connectivity index (χ0v) is 11.1. The van der Waals surface area contributed by atoms with Crippen LogP contribution in [0.3, 0.4) is 0 Å². The first-order valence-corrected chi connectivity index (χ1v) is 6.33. The third-order valence-electron chi connectivity index (χ3n) is 3.47. The van der Waals surface area contributed by atoms with E-state index >= 15 is 0 Å². The van der Waals surface area contributed by atoms with Crippen LogP contribution in [0.15, 0.2) is 12.3 Å². The van der Waals surface area contributed by atoms with Gasteiger partial charge in [-0.1, -0.05) is 0 Å². The third kappa shape index (κ3) is 1.58. The zero-order chi connectivity index (χ0) is 12.7. The molecule has 0 spiro atoms. The maximum Gasteiger partial charge on any atom is 0.157 e. The second-order valence-electron chi connectivity index (χ2n) is 4.93. The highest BCUT2D eigenvalue weighted by Gasteiger charge is 2.28. The van der Waals surface area contributed by atoms with E-state index in [1.54, 1.807) is 13.3 Å². The Morgan fingerprint density at radius 2 is 2.28 bits per heavy atom. The van der Waals surface area contributed by atoms with E-state index in [0.717, 1.165) is 24.3 Å². The summed E-state index contributed by atoms with van der Waals surface area (Å²) in [5.74, 6) is 1.19. The molecule has 3 heterocycles. The Morgan fingerprint density at radius 3 is 3.00 bits per heavy atom. The van der Waals surface area contributed by atoms with Gasteiger partial charge in [-0.05, 0) is 20.3 Å². The molecule has 0 amide bonds. The van der Waals surface area contributed by atoms with Gasteiger partial charge in [0.1, 0.15) is 5.82 Å². The van der Waals surface area contributed by atoms with Crippen molar-refractivity contribution in [3.8, 4) is 0 Å². The van der Waals surface area contributed by atoms with Crippen LogP contribution in [0.5, 0.6) is 0 Å². The first-order valence-electron chi connectivity index (χ1n) is 6.33. The quantitative estimate of drug-likeness (QED) is 0.826. The second-order valence-corrected chi connectivity index (χ2v) is 4.93. The monoisotopic (exact) mass is 246 g/mol. The molecule has 5 nitrogen and oxygen atoms in total. The standard InChI is InChI=1S/C13H18N4O/c1-9(2)16-7-5-10-11(8-18-3)15-12-4-6-14-17(12)13(10)16/h4,6,9H,5,7-8H2,1-3H3. The normalized spacial score (nSPS) is 14.8. The van der Waals surface area contributed by atoms with Crippen LogP contribution in [0.2, 0.25) is 0 Å². The lowest BCUT2D eigenvalue weighted by atomic mass is 10.2. The second kappa shape index (κ2) is 4.24. The molecule has 3 rings (SSSR count). The molecular weight excluding hydrogens is 228 g/mol. The minimum atomic E-state index is 0.469. The van der Waals surface area contributed by atoms with Gasteiger partial charge in [0.25, 0.3) is 0 Å². The van der Waals surface area contributed by atoms with E-state index in [9.17, 15) is 0 Å². The molecule has 0 aromatic carbocycles. The SMILES string of the molecule is COCc1nc2ccnn2c2c1CCN2C(C)C. The molecule has 2 aromatic rings. The number of hydrogen-bond acceptors (Lipinski definition) is 4. The van der Waals surface area contributed by atoms with Gasteiger partial charge in [0.15, 0.2) is 5.65 Å². The molecule has 2 aromatic heterocycles. The summed E-state index contributed by atoms with van der Waals surface area (Å²) in [4.78, 5) is 7.02. The van der Waals surface area contributed by atoms with Crippen molar-refractivity contribution >= 4 is 11.5 Å². The van der Waals surface area contributed by atoms with Crippen LogP contribution in [0.25, 0.3) is 5.65 Å². The summed E-state index contributed by atoms with van der Waals surface area (Å²) < 4.78 is 7.21. The Morgan fingerprint density at radius 1 is 1.44 bits per heavy atom. The lowest BCUT2D eigenvalue weighted by Gasteiger charge is -2.24. The van der Waals surface area contributed by atoms with Crippen molar-refractivity contribution in [3.05, 3.63) is 23.5 Å². The topological polar surface area (TPSA) is 42.7 Å². The van der Waals surface area contributed by atoms with E-state index in [-0.39, 0.29) is 0 Å². The van der Waals surface area contributed by atoms with Crippen molar-refractivity contribution in [1.82, 2.24) is 14.6 Å². The summed E-state index contributed by atoms with van der Waals surface area (Å²) in [5.41, 5.74) is 3.22. The van der Waals surface area contributed by atoms with Crippen molar-refractivity contribution in [2.24, 2.45) is 0 Å². The number of fused-ring (bicyclic) bond motifs is 3. The van der Waals surface area contributed by atoms with E-state index in [0.29, 0.717) is 12.6 Å². The van der Waals surface area contributed by atoms with Gasteiger partial charge in [-0.25, -0.2) is 4.98 Å². The molecule has 0 saturated heterocycles. The first kappa shape index (κ1) is 11.5. The molecule has 0 saturated carbocycles. The number of anilines is 1. The van der Waals surface area contributed by atoms with Gasteiger partial charge in [0.2, 0.25) is 0 Å². The molecule has 0 bridgehead atoms. The number of rotatable bonds is 3. The van der Waals surface area contributed by atoms with Crippen LogP contribution in [0, 0.1) is 0 Å². The molecule has 0 N–H and O–H groups in total. The van der Waals surface area contributed by atoms with Crippen LogP contribution in [0.1, 0.15) is 25.1 Å². The van der Waals surface area contributed by atoms with Gasteiger partial charge >= 0.3 is 0 Å². The summed E-state index contributed by atoms with van der Waals surface area (Å²) >= 11 is 0. The maximum absolute atomic E-state index is 5.26. The largest absolute Gasteiger partial charge is 0.378 e. The van der Waals surface area contributed by atoms with Gasteiger partial charge in [-0.3, -0.25) is 0 Å². The Labute approximate surface area is 106 Å². The van der Waals surface area contributed by atoms with Crippen molar-refractivity contribution in [2.45, 2.75) is 32.9 Å². The van der Waals surface area contributed by atoms with Crippen molar-refractivity contribution in [3.63, 3.8) is 0 Å². The van der Waals surface area contributed by atoms with Crippen LogP contribution in [-0.4, -0.2) is 34.3 Å². The van der Waals surface area contributed by atoms with E-state index in [1.807, 2.05) is 10.6 Å². The van der Waals surface area contributed by atoms with Gasteiger partial charge in [-0.15, -0.1) is 0 Å². The van der Waals surface area contributed by atoms with E-state index in [1.165, 1.54) is 11.4 Å². The molecular formula is C13H18N4O. The maximum atomic E-state index is 5.26. The molecule has 0 fully saturated rings. The summed E-state index contributed by atoms with van der Waals surface area (Å²) in [6, 6.07) is 2.41. The minimum absolute atomic E-state index is 0.469. The van der Waals surface area contributed by atoms with E-state index in [2.05, 4.69) is 28.8 Å². The van der Waals surface area contributed by atoms with Gasteiger partial charge in [0.05, 0.1) is 18.5 Å². The molecule has 5 heteroatoms. The van der Waals surface area contributed by atoms with Gasteiger partial charge in [0, 0.05) is 31.3 Å². The van der Waals surface area contributed by atoms with E-state index < -0.39 is 0 Å². The highest BCUT2D eigenvalue weighted by Crippen LogP contribution is 2.32. The lowest BCUT2D eigenvalue weighted by Crippen LogP contribution is -2.30. The highest BCUT2D eigenvalue weighted by atomic mass is 16.5. The summed E-state index contributed by atoms with van der Waals surface area (Å²) in [5, 5.41) is 4.40. The fourth-order valence-corrected chi connectivity index (χ4v) is 2.66. The smallest absolute Gasteiger partial charge is 0.157 e. The molecule has 0 unspecified atom stereocenters. The van der Waals surface area contributed by atoms with E-state index in [4.69, 9.17) is 4.74 Å². The molecule has 96 valence electrons. The predicted molar refractivity (Wildman–Crippen MR) is 69.9 cm³/mol. The number of nitrogens with zero attached hydrogens (tertiary/aromatic N) is 4. The summed E-state index contributed by atoms with van der Waals surface area (Å²) in [7, 11) is 1.71. The zero-order valence-electron chi connectivity index (χ0n) is 11.1. The number of hydrogen-bond donors (Lipinski definition) is 0. The predicted octanol–water partition coefficient (Wildman–Crippen LogP) is 1.65. The average Bonchev–Trinajstić information content (AvgIpc) is 2.93. The Bertz CT molecular complexity index is 576.